The van der Waals surface area contributed by atoms with Crippen LogP contribution in [0, 0.1) is 13.8 Å². The van der Waals surface area contributed by atoms with Gasteiger partial charge in [0.1, 0.15) is 0 Å². The normalized spacial score (nSPS) is 11.5. The molecule has 0 spiro atoms. The van der Waals surface area contributed by atoms with E-state index in [9.17, 15) is 19.2 Å². The van der Waals surface area contributed by atoms with E-state index in [1.165, 1.54) is 22.7 Å². The quantitative estimate of drug-likeness (QED) is 0.0605. The van der Waals surface area contributed by atoms with Crippen LogP contribution in [-0.2, 0) is 21.0 Å². The lowest BCUT2D eigenvalue weighted by Crippen LogP contribution is -2.06. The maximum Gasteiger partial charge on any atom is 0.341 e. The highest BCUT2D eigenvalue weighted by molar-refractivity contribution is 8.01. The molecule has 0 aliphatic carbocycles. The van der Waals surface area contributed by atoms with Crippen LogP contribution in [0.1, 0.15) is 87.3 Å². The number of hydrogen-bond acceptors (Lipinski definition) is 10. The van der Waals surface area contributed by atoms with Crippen LogP contribution in [-0.4, -0.2) is 45.5 Å². The van der Waals surface area contributed by atoms with Crippen molar-refractivity contribution in [1.82, 2.24) is 8.80 Å². The first-order valence-electron chi connectivity index (χ1n) is 20.2. The van der Waals surface area contributed by atoms with Crippen molar-refractivity contribution in [3.63, 3.8) is 0 Å². The minimum Gasteiger partial charge on any atom is -0.462 e. The molecule has 0 bridgehead atoms. The largest absolute Gasteiger partial charge is 0.462 e. The lowest BCUT2D eigenvalue weighted by atomic mass is 10.1. The summed E-state index contributed by atoms with van der Waals surface area (Å²) in [6.07, 6.45) is 3.93. The van der Waals surface area contributed by atoms with Crippen LogP contribution in [0.15, 0.2) is 130 Å². The summed E-state index contributed by atoms with van der Waals surface area (Å²) in [4.78, 5) is 57.0. The van der Waals surface area contributed by atoms with Crippen molar-refractivity contribution in [1.29, 1.82) is 0 Å². The molecular formula is C50H40N2O6S4. The minimum atomic E-state index is -0.457. The van der Waals surface area contributed by atoms with Crippen LogP contribution < -0.4 is 0 Å². The van der Waals surface area contributed by atoms with E-state index in [1.54, 1.807) is 61.6 Å². The van der Waals surface area contributed by atoms with Crippen LogP contribution in [0.25, 0.3) is 32.8 Å². The van der Waals surface area contributed by atoms with Gasteiger partial charge in [-0.25, -0.2) is 9.59 Å². The lowest BCUT2D eigenvalue weighted by Gasteiger charge is -2.09. The molecule has 62 heavy (non-hydrogen) atoms. The Balaban J connectivity index is 1.11. The monoisotopic (exact) mass is 892 g/mol. The van der Waals surface area contributed by atoms with Gasteiger partial charge in [-0.2, -0.15) is 0 Å². The van der Waals surface area contributed by atoms with Gasteiger partial charge >= 0.3 is 11.9 Å². The number of carbonyl (C=O) groups is 4. The van der Waals surface area contributed by atoms with Gasteiger partial charge in [0.05, 0.1) is 64.6 Å². The van der Waals surface area contributed by atoms with Gasteiger partial charge in [0.15, 0.2) is 0 Å². The van der Waals surface area contributed by atoms with Crippen LogP contribution >= 0.6 is 46.2 Å². The van der Waals surface area contributed by atoms with Gasteiger partial charge in [-0.3, -0.25) is 9.59 Å². The van der Waals surface area contributed by atoms with E-state index in [-0.39, 0.29) is 24.8 Å². The van der Waals surface area contributed by atoms with Crippen LogP contribution in [0.2, 0.25) is 0 Å². The molecule has 0 aliphatic rings. The molecule has 0 amide bonds. The topological polar surface area (TPSA) is 95.6 Å². The number of ether oxygens (including phenoxy) is 2. The maximum atomic E-state index is 14.3. The summed E-state index contributed by atoms with van der Waals surface area (Å²) >= 11 is 6.10. The number of pyridine rings is 2. The molecule has 0 N–H and O–H groups in total. The van der Waals surface area contributed by atoms with Gasteiger partial charge in [0.2, 0.25) is 11.6 Å². The van der Waals surface area contributed by atoms with Gasteiger partial charge in [0, 0.05) is 45.8 Å². The number of thioether (sulfide) groups is 2. The summed E-state index contributed by atoms with van der Waals surface area (Å²) < 4.78 is 17.1. The minimum absolute atomic E-state index is 0.144. The first kappa shape index (κ1) is 41.4. The number of nitrogens with zero attached hydrogens (tertiary/aromatic N) is 2. The second-order valence-electron chi connectivity index (χ2n) is 14.7. The predicted molar refractivity (Wildman–Crippen MR) is 252 cm³/mol. The van der Waals surface area contributed by atoms with Gasteiger partial charge in [0.25, 0.3) is 0 Å². The molecule has 12 heteroatoms. The van der Waals surface area contributed by atoms with Crippen molar-refractivity contribution < 1.29 is 28.7 Å². The number of carbonyl (C=O) groups excluding carboxylic acids is 4. The van der Waals surface area contributed by atoms with E-state index in [0.717, 1.165) is 41.7 Å². The second kappa shape index (κ2) is 17.5. The average Bonchev–Trinajstić information content (AvgIpc) is 4.02. The molecule has 6 heterocycles. The summed E-state index contributed by atoms with van der Waals surface area (Å²) in [5.74, 6) is -0.0150. The number of aryl methyl sites for hydroxylation is 2. The summed E-state index contributed by atoms with van der Waals surface area (Å²) in [6, 6.07) is 34.6. The van der Waals surface area contributed by atoms with Crippen LogP contribution in [0.3, 0.4) is 0 Å². The Morgan fingerprint density at radius 3 is 1.32 bits per heavy atom. The molecule has 0 radical (unpaired) electrons. The smallest absolute Gasteiger partial charge is 0.341 e. The van der Waals surface area contributed by atoms with Gasteiger partial charge in [-0.15, -0.1) is 46.2 Å². The summed E-state index contributed by atoms with van der Waals surface area (Å²) in [5, 5.41) is 1.22. The van der Waals surface area contributed by atoms with E-state index in [2.05, 4.69) is 12.1 Å². The molecule has 6 aromatic heterocycles. The number of benzene rings is 3. The second-order valence-corrected chi connectivity index (χ2v) is 19.3. The number of rotatable bonds is 14. The van der Waals surface area contributed by atoms with E-state index in [4.69, 9.17) is 9.47 Å². The number of esters is 2. The van der Waals surface area contributed by atoms with Crippen molar-refractivity contribution >= 4 is 103 Å². The van der Waals surface area contributed by atoms with Crippen molar-refractivity contribution in [2.45, 2.75) is 47.6 Å². The fourth-order valence-electron chi connectivity index (χ4n) is 7.85. The molecule has 0 atom stereocenters. The average molecular weight is 893 g/mol. The third-order valence-corrected chi connectivity index (χ3v) is 15.7. The molecule has 9 aromatic rings. The van der Waals surface area contributed by atoms with Crippen molar-refractivity contribution in [2.75, 3.05) is 13.2 Å². The number of hydrogen-bond donors (Lipinski definition) is 0. The first-order chi connectivity index (χ1) is 30.2. The highest BCUT2D eigenvalue weighted by Crippen LogP contribution is 2.47. The Hall–Kier alpha value is -5.92. The van der Waals surface area contributed by atoms with E-state index < -0.39 is 11.9 Å². The number of ketones is 2. The SMILES string of the molecule is CCOC(=O)c1c2c(C(=O)c3ccccc3)sc(SCc3ccccc3CSc3sc(C(=O)c4ccccc4)c4c(C(=O)OCC)c5cc(C)ccn5c34)c2n2ccc(C)cc12. The van der Waals surface area contributed by atoms with Crippen molar-refractivity contribution in [3.8, 4) is 0 Å². The zero-order valence-corrected chi connectivity index (χ0v) is 37.6. The summed E-state index contributed by atoms with van der Waals surface area (Å²) in [5.41, 5.74) is 9.13. The fourth-order valence-corrected chi connectivity index (χ4v) is 13.0. The van der Waals surface area contributed by atoms with E-state index >= 15 is 0 Å². The van der Waals surface area contributed by atoms with E-state index in [1.807, 2.05) is 108 Å². The van der Waals surface area contributed by atoms with Crippen LogP contribution in [0.4, 0.5) is 0 Å². The van der Waals surface area contributed by atoms with Gasteiger partial charge in [-0.05, 0) is 74.2 Å². The molecule has 0 fully saturated rings. The summed E-state index contributed by atoms with van der Waals surface area (Å²) in [6.45, 7) is 7.95. The van der Waals surface area contributed by atoms with Gasteiger partial charge < -0.3 is 18.3 Å². The Morgan fingerprint density at radius 2 is 0.935 bits per heavy atom. The highest BCUT2D eigenvalue weighted by Gasteiger charge is 2.32. The number of fused-ring (bicyclic) bond motifs is 6. The number of aromatic nitrogens is 2. The van der Waals surface area contributed by atoms with Crippen molar-refractivity contribution in [3.05, 3.63) is 176 Å². The highest BCUT2D eigenvalue weighted by atomic mass is 32.2. The molecule has 9 rings (SSSR count). The molecule has 8 nitrogen and oxygen atoms in total. The third kappa shape index (κ3) is 7.44. The van der Waals surface area contributed by atoms with Crippen LogP contribution in [0.5, 0.6) is 0 Å². The predicted octanol–water partition coefficient (Wildman–Crippen LogP) is 12.6. The molecule has 3 aromatic carbocycles. The van der Waals surface area contributed by atoms with Crippen molar-refractivity contribution in [2.24, 2.45) is 0 Å². The number of thiophene rings is 2. The zero-order chi connectivity index (χ0) is 43.1. The molecule has 0 saturated heterocycles. The summed E-state index contributed by atoms with van der Waals surface area (Å²) in [7, 11) is 0. The third-order valence-electron chi connectivity index (χ3n) is 10.7. The zero-order valence-electron chi connectivity index (χ0n) is 34.4. The standard InChI is InChI=1S/C50H40N2O6S4/c1-5-57-47(55)37-35-25-29(3)21-23-51(35)41-39(37)45(43(53)31-15-9-7-10-16-31)61-49(41)59-27-33-19-13-14-20-34(33)28-60-50-42-40(46(62-50)44(54)32-17-11-8-12-18-32)38(48(56)58-6-2)36-26-30(4)22-24-52(36)42/h7-26H,5-6,27-28H2,1-4H3. The molecule has 0 aliphatic heterocycles. The Morgan fingerprint density at radius 1 is 0.548 bits per heavy atom. The Kier molecular flexibility index (Phi) is 11.7. The maximum absolute atomic E-state index is 14.3. The molecule has 310 valence electrons. The van der Waals surface area contributed by atoms with Gasteiger partial charge in [-0.1, -0.05) is 84.9 Å². The Labute approximate surface area is 374 Å². The first-order valence-corrected chi connectivity index (χ1v) is 23.8. The lowest BCUT2D eigenvalue weighted by molar-refractivity contribution is 0.0521. The molecular weight excluding hydrogens is 853 g/mol. The van der Waals surface area contributed by atoms with E-state index in [0.29, 0.717) is 65.3 Å². The Bertz CT molecular complexity index is 3000. The molecule has 0 saturated carbocycles. The molecule has 0 unspecified atom stereocenters. The fraction of sp³-hybridized carbons (Fsp3) is 0.160.